The Labute approximate surface area is 128 Å². The van der Waals surface area contributed by atoms with E-state index in [1.807, 2.05) is 25.1 Å². The maximum atomic E-state index is 12.6. The molecule has 1 aromatic heterocycles. The van der Waals surface area contributed by atoms with Crippen LogP contribution in [-0.2, 0) is 9.59 Å². The van der Waals surface area contributed by atoms with Crippen LogP contribution >= 0.6 is 0 Å². The van der Waals surface area contributed by atoms with Gasteiger partial charge in [0.25, 0.3) is 0 Å². The molecule has 0 bridgehead atoms. The third-order valence-corrected chi connectivity index (χ3v) is 4.22. The summed E-state index contributed by atoms with van der Waals surface area (Å²) in [7, 11) is 0. The molecule has 1 atom stereocenters. The molecule has 0 aliphatic carbocycles. The zero-order chi connectivity index (χ0) is 15.7. The van der Waals surface area contributed by atoms with Crippen LogP contribution in [0.4, 0.5) is 5.69 Å². The number of nitrogens with one attached hydrogen (secondary N) is 1. The van der Waals surface area contributed by atoms with Gasteiger partial charge in [-0.05, 0) is 37.6 Å². The summed E-state index contributed by atoms with van der Waals surface area (Å²) in [6.45, 7) is 6.35. The van der Waals surface area contributed by atoms with Gasteiger partial charge >= 0.3 is 0 Å². The largest absolute Gasteiger partial charge is 0.464 e. The first-order chi connectivity index (χ1) is 10.5. The summed E-state index contributed by atoms with van der Waals surface area (Å²) in [4.78, 5) is 25.9. The number of carbonyl (C=O) groups is 2. The van der Waals surface area contributed by atoms with Crippen molar-refractivity contribution in [1.29, 1.82) is 0 Å². The van der Waals surface area contributed by atoms with Crippen molar-refractivity contribution < 1.29 is 14.0 Å². The van der Waals surface area contributed by atoms with Gasteiger partial charge in [0.05, 0.1) is 11.7 Å². The van der Waals surface area contributed by atoms with Gasteiger partial charge in [-0.2, -0.15) is 0 Å². The van der Waals surface area contributed by atoms with Crippen molar-refractivity contribution in [3.8, 4) is 0 Å². The number of hydrogen-bond donors (Lipinski definition) is 1. The van der Waals surface area contributed by atoms with Gasteiger partial charge in [0.15, 0.2) is 0 Å². The molecule has 1 unspecified atom stereocenters. The minimum absolute atomic E-state index is 0.0854. The van der Waals surface area contributed by atoms with Gasteiger partial charge in [-0.3, -0.25) is 9.59 Å². The standard InChI is InChI=1S/C17H18N2O3/c1-3-15(20)19-8-7-17(2,11-19)16(21)18-13-5-4-12-6-9-22-14(12)10-13/h3-6,9-10H,1,7-8,11H2,2H3,(H,18,21). The fourth-order valence-corrected chi connectivity index (χ4v) is 2.78. The van der Waals surface area contributed by atoms with Crippen molar-refractivity contribution in [2.75, 3.05) is 18.4 Å². The molecule has 0 radical (unpaired) electrons. The number of likely N-dealkylation sites (tertiary alicyclic amines) is 1. The molecule has 2 amide bonds. The lowest BCUT2D eigenvalue weighted by atomic mass is 9.88. The van der Waals surface area contributed by atoms with Crippen LogP contribution in [-0.4, -0.2) is 29.8 Å². The number of fused-ring (bicyclic) bond motifs is 1. The van der Waals surface area contributed by atoms with Crippen molar-refractivity contribution in [2.45, 2.75) is 13.3 Å². The van der Waals surface area contributed by atoms with Crippen molar-refractivity contribution in [3.05, 3.63) is 43.2 Å². The lowest BCUT2D eigenvalue weighted by molar-refractivity contribution is -0.127. The van der Waals surface area contributed by atoms with Crippen molar-refractivity contribution in [2.24, 2.45) is 5.41 Å². The molecular formula is C17H18N2O3. The Bertz CT molecular complexity index is 749. The molecule has 5 nitrogen and oxygen atoms in total. The maximum absolute atomic E-state index is 12.6. The fraction of sp³-hybridized carbons (Fsp3) is 0.294. The molecule has 1 aliphatic rings. The molecule has 0 spiro atoms. The molecule has 0 saturated carbocycles. The number of carbonyl (C=O) groups excluding carboxylic acids is 2. The van der Waals surface area contributed by atoms with E-state index in [0.717, 1.165) is 11.0 Å². The number of anilines is 1. The smallest absolute Gasteiger partial charge is 0.245 e. The van der Waals surface area contributed by atoms with Gasteiger partial charge in [0, 0.05) is 30.2 Å². The highest BCUT2D eigenvalue weighted by Crippen LogP contribution is 2.32. The summed E-state index contributed by atoms with van der Waals surface area (Å²) in [5.74, 6) is -0.216. The summed E-state index contributed by atoms with van der Waals surface area (Å²) in [6.07, 6.45) is 3.54. The second kappa shape index (κ2) is 5.33. The SMILES string of the molecule is C=CC(=O)N1CCC(C)(C(=O)Nc2ccc3ccoc3c2)C1. The van der Waals surface area contributed by atoms with Gasteiger partial charge < -0.3 is 14.6 Å². The third kappa shape index (κ3) is 2.50. The van der Waals surface area contributed by atoms with Crippen LogP contribution in [0.5, 0.6) is 0 Å². The van der Waals surface area contributed by atoms with E-state index in [1.54, 1.807) is 17.2 Å². The molecule has 1 N–H and O–H groups in total. The highest BCUT2D eigenvalue weighted by Gasteiger charge is 2.41. The Kier molecular flexibility index (Phi) is 3.48. The zero-order valence-electron chi connectivity index (χ0n) is 12.5. The summed E-state index contributed by atoms with van der Waals surface area (Å²) in [5, 5.41) is 3.91. The van der Waals surface area contributed by atoms with Crippen LogP contribution in [0.2, 0.25) is 0 Å². The van der Waals surface area contributed by atoms with Crippen LogP contribution in [0.15, 0.2) is 47.6 Å². The van der Waals surface area contributed by atoms with Gasteiger partial charge in [-0.25, -0.2) is 0 Å². The van der Waals surface area contributed by atoms with Gasteiger partial charge in [-0.1, -0.05) is 6.58 Å². The van der Waals surface area contributed by atoms with E-state index in [9.17, 15) is 9.59 Å². The normalized spacial score (nSPS) is 21.0. The minimum Gasteiger partial charge on any atom is -0.464 e. The Hall–Kier alpha value is -2.56. The number of rotatable bonds is 3. The van der Waals surface area contributed by atoms with E-state index < -0.39 is 5.41 Å². The van der Waals surface area contributed by atoms with Crippen LogP contribution in [0.3, 0.4) is 0 Å². The summed E-state index contributed by atoms with van der Waals surface area (Å²) >= 11 is 0. The Morgan fingerprint density at radius 1 is 1.41 bits per heavy atom. The van der Waals surface area contributed by atoms with E-state index >= 15 is 0 Å². The predicted octanol–water partition coefficient (Wildman–Crippen LogP) is 2.80. The van der Waals surface area contributed by atoms with Gasteiger partial charge in [0.2, 0.25) is 11.8 Å². The number of hydrogen-bond acceptors (Lipinski definition) is 3. The fourth-order valence-electron chi connectivity index (χ4n) is 2.78. The van der Waals surface area contributed by atoms with E-state index in [4.69, 9.17) is 4.42 Å². The Balaban J connectivity index is 1.73. The zero-order valence-corrected chi connectivity index (χ0v) is 12.5. The molecule has 2 aromatic rings. The monoisotopic (exact) mass is 298 g/mol. The number of benzene rings is 1. The molecule has 1 aromatic carbocycles. The average molecular weight is 298 g/mol. The second-order valence-corrected chi connectivity index (χ2v) is 5.90. The molecular weight excluding hydrogens is 280 g/mol. The predicted molar refractivity (Wildman–Crippen MR) is 84.3 cm³/mol. The molecule has 114 valence electrons. The minimum atomic E-state index is -0.587. The first-order valence-electron chi connectivity index (χ1n) is 7.22. The molecule has 22 heavy (non-hydrogen) atoms. The molecule has 1 aliphatic heterocycles. The van der Waals surface area contributed by atoms with Crippen molar-refractivity contribution in [1.82, 2.24) is 4.90 Å². The highest BCUT2D eigenvalue weighted by atomic mass is 16.3. The summed E-state index contributed by atoms with van der Waals surface area (Å²) in [6, 6.07) is 7.43. The average Bonchev–Trinajstić information content (AvgIpc) is 3.13. The summed E-state index contributed by atoms with van der Waals surface area (Å²) < 4.78 is 5.34. The first-order valence-corrected chi connectivity index (χ1v) is 7.22. The van der Waals surface area contributed by atoms with Crippen molar-refractivity contribution >= 4 is 28.5 Å². The lowest BCUT2D eigenvalue weighted by Crippen LogP contribution is -2.37. The highest BCUT2D eigenvalue weighted by molar-refractivity contribution is 5.98. The number of amides is 2. The Morgan fingerprint density at radius 3 is 3.00 bits per heavy atom. The molecule has 2 heterocycles. The van der Waals surface area contributed by atoms with E-state index in [1.165, 1.54) is 6.08 Å². The second-order valence-electron chi connectivity index (χ2n) is 5.90. The molecule has 3 rings (SSSR count). The van der Waals surface area contributed by atoms with Crippen molar-refractivity contribution in [3.63, 3.8) is 0 Å². The van der Waals surface area contributed by atoms with Crippen LogP contribution in [0.25, 0.3) is 11.0 Å². The van der Waals surface area contributed by atoms with Crippen LogP contribution in [0.1, 0.15) is 13.3 Å². The Morgan fingerprint density at radius 2 is 2.23 bits per heavy atom. The summed E-state index contributed by atoms with van der Waals surface area (Å²) in [5.41, 5.74) is 0.844. The number of furan rings is 1. The quantitative estimate of drug-likeness (QED) is 0.886. The lowest BCUT2D eigenvalue weighted by Gasteiger charge is -2.23. The third-order valence-electron chi connectivity index (χ3n) is 4.22. The first kappa shape index (κ1) is 14.4. The van der Waals surface area contributed by atoms with Crippen LogP contribution < -0.4 is 5.32 Å². The number of nitrogens with zero attached hydrogens (tertiary/aromatic N) is 1. The van der Waals surface area contributed by atoms with E-state index in [0.29, 0.717) is 25.2 Å². The molecule has 1 fully saturated rings. The molecule has 1 saturated heterocycles. The van der Waals surface area contributed by atoms with Gasteiger partial charge in [-0.15, -0.1) is 0 Å². The maximum Gasteiger partial charge on any atom is 0.245 e. The van der Waals surface area contributed by atoms with Crippen LogP contribution in [0, 0.1) is 5.41 Å². The molecule has 5 heteroatoms. The van der Waals surface area contributed by atoms with Gasteiger partial charge in [0.1, 0.15) is 5.58 Å². The van der Waals surface area contributed by atoms with E-state index in [2.05, 4.69) is 11.9 Å². The topological polar surface area (TPSA) is 62.6 Å². The van der Waals surface area contributed by atoms with E-state index in [-0.39, 0.29) is 11.8 Å².